The minimum atomic E-state index is -5.02. The van der Waals surface area contributed by atoms with E-state index < -0.39 is 30.2 Å². The summed E-state index contributed by atoms with van der Waals surface area (Å²) in [6.07, 6.45) is -4.81. The Morgan fingerprint density at radius 3 is 2.64 bits per heavy atom. The minimum absolute atomic E-state index is 0.00832. The molecule has 2 atom stereocenters. The average Bonchev–Trinajstić information content (AvgIpc) is 2.55. The summed E-state index contributed by atoms with van der Waals surface area (Å²) in [5.41, 5.74) is 9.35. The Kier molecular flexibility index (Phi) is 6.38. The molecular formula is C16H20F3N3O3. The fraction of sp³-hybridized carbons (Fsp3) is 0.500. The zero-order valence-corrected chi connectivity index (χ0v) is 13.5. The van der Waals surface area contributed by atoms with E-state index in [1.165, 1.54) is 5.01 Å². The van der Waals surface area contributed by atoms with Crippen molar-refractivity contribution in [2.75, 3.05) is 13.1 Å². The van der Waals surface area contributed by atoms with Gasteiger partial charge in [0.05, 0.1) is 12.6 Å². The van der Waals surface area contributed by atoms with Crippen molar-refractivity contribution in [2.24, 2.45) is 5.73 Å². The molecule has 0 spiro atoms. The first-order valence-electron chi connectivity index (χ1n) is 7.88. The van der Waals surface area contributed by atoms with Gasteiger partial charge < -0.3 is 10.5 Å². The molecule has 1 aliphatic rings. The molecule has 6 nitrogen and oxygen atoms in total. The number of hydrazine groups is 1. The number of alkyl halides is 3. The number of hydrogen-bond acceptors (Lipinski definition) is 5. The van der Waals surface area contributed by atoms with Crippen LogP contribution in [0, 0.1) is 0 Å². The van der Waals surface area contributed by atoms with Gasteiger partial charge in [-0.3, -0.25) is 10.2 Å². The molecule has 0 aliphatic carbocycles. The van der Waals surface area contributed by atoms with Crippen LogP contribution in [-0.2, 0) is 20.7 Å². The average molecular weight is 359 g/mol. The zero-order valence-electron chi connectivity index (χ0n) is 13.5. The van der Waals surface area contributed by atoms with Gasteiger partial charge in [-0.15, -0.1) is 0 Å². The smallest absolute Gasteiger partial charge is 0.454 e. The number of carbonyl (C=O) groups excluding carboxylic acids is 2. The summed E-state index contributed by atoms with van der Waals surface area (Å²) in [6, 6.07) is 8.43. The van der Waals surface area contributed by atoms with Gasteiger partial charge in [-0.1, -0.05) is 30.3 Å². The first-order chi connectivity index (χ1) is 11.8. The molecule has 1 aliphatic heterocycles. The number of esters is 1. The lowest BCUT2D eigenvalue weighted by Crippen LogP contribution is -2.54. The summed E-state index contributed by atoms with van der Waals surface area (Å²) in [4.78, 5) is 23.0. The Labute approximate surface area is 143 Å². The SMILES string of the molecule is NC(Cc1ccccc1)C(=O)NN1CCCC(OC(=O)C(F)(F)F)C1. The molecule has 2 rings (SSSR count). The second-order valence-corrected chi connectivity index (χ2v) is 5.89. The Hall–Kier alpha value is -2.13. The highest BCUT2D eigenvalue weighted by Crippen LogP contribution is 2.20. The number of rotatable bonds is 5. The van der Waals surface area contributed by atoms with E-state index in [4.69, 9.17) is 5.73 Å². The number of hydrogen-bond donors (Lipinski definition) is 2. The summed E-state index contributed by atoms with van der Waals surface area (Å²) in [7, 11) is 0. The lowest BCUT2D eigenvalue weighted by atomic mass is 10.1. The maximum absolute atomic E-state index is 12.2. The summed E-state index contributed by atoms with van der Waals surface area (Å²) in [6.45, 7) is 0.440. The number of nitrogens with zero attached hydrogens (tertiary/aromatic N) is 1. The normalized spacial score (nSPS) is 19.9. The van der Waals surface area contributed by atoms with E-state index in [9.17, 15) is 22.8 Å². The van der Waals surface area contributed by atoms with Crippen LogP contribution in [-0.4, -0.2) is 48.3 Å². The Balaban J connectivity index is 1.83. The number of piperidine rings is 1. The lowest BCUT2D eigenvalue weighted by Gasteiger charge is -2.33. The van der Waals surface area contributed by atoms with Crippen molar-refractivity contribution in [3.05, 3.63) is 35.9 Å². The molecule has 2 unspecified atom stereocenters. The summed E-state index contributed by atoms with van der Waals surface area (Å²) >= 11 is 0. The third-order valence-corrected chi connectivity index (χ3v) is 3.79. The van der Waals surface area contributed by atoms with Gasteiger partial charge in [-0.05, 0) is 24.8 Å². The van der Waals surface area contributed by atoms with Crippen molar-refractivity contribution in [1.82, 2.24) is 10.4 Å². The zero-order chi connectivity index (χ0) is 18.4. The molecule has 1 amide bonds. The number of halogens is 3. The molecule has 1 aromatic carbocycles. The second-order valence-electron chi connectivity index (χ2n) is 5.89. The van der Waals surface area contributed by atoms with Crippen LogP contribution in [0.15, 0.2) is 30.3 Å². The standard InChI is InChI=1S/C16H20F3N3O3/c17-16(18,19)15(24)25-12-7-4-8-22(10-12)21-14(23)13(20)9-11-5-2-1-3-6-11/h1-3,5-6,12-13H,4,7-10,20H2,(H,21,23). The number of nitrogens with one attached hydrogen (secondary N) is 1. The van der Waals surface area contributed by atoms with Crippen LogP contribution in [0.3, 0.4) is 0 Å². The first-order valence-corrected chi connectivity index (χ1v) is 7.88. The van der Waals surface area contributed by atoms with E-state index in [0.29, 0.717) is 25.8 Å². The van der Waals surface area contributed by atoms with Crippen LogP contribution in [0.2, 0.25) is 0 Å². The molecule has 25 heavy (non-hydrogen) atoms. The highest BCUT2D eigenvalue weighted by Gasteiger charge is 2.42. The Morgan fingerprint density at radius 2 is 2.00 bits per heavy atom. The van der Waals surface area contributed by atoms with Gasteiger partial charge in [-0.25, -0.2) is 9.80 Å². The van der Waals surface area contributed by atoms with Crippen molar-refractivity contribution >= 4 is 11.9 Å². The van der Waals surface area contributed by atoms with Gasteiger partial charge in [0, 0.05) is 6.54 Å². The van der Waals surface area contributed by atoms with Gasteiger partial charge >= 0.3 is 12.1 Å². The van der Waals surface area contributed by atoms with E-state index in [0.717, 1.165) is 5.56 Å². The van der Waals surface area contributed by atoms with Gasteiger partial charge in [0.15, 0.2) is 0 Å². The van der Waals surface area contributed by atoms with Gasteiger partial charge in [-0.2, -0.15) is 13.2 Å². The van der Waals surface area contributed by atoms with Crippen molar-refractivity contribution in [3.8, 4) is 0 Å². The van der Waals surface area contributed by atoms with Gasteiger partial charge in [0.2, 0.25) is 0 Å². The van der Waals surface area contributed by atoms with Gasteiger partial charge in [0.1, 0.15) is 6.10 Å². The highest BCUT2D eigenvalue weighted by atomic mass is 19.4. The van der Waals surface area contributed by atoms with Crippen LogP contribution in [0.1, 0.15) is 18.4 Å². The highest BCUT2D eigenvalue weighted by molar-refractivity contribution is 5.81. The van der Waals surface area contributed by atoms with Crippen LogP contribution < -0.4 is 11.2 Å². The molecule has 1 heterocycles. The number of amides is 1. The minimum Gasteiger partial charge on any atom is -0.454 e. The van der Waals surface area contributed by atoms with Crippen molar-refractivity contribution in [3.63, 3.8) is 0 Å². The van der Waals surface area contributed by atoms with E-state index in [1.807, 2.05) is 30.3 Å². The predicted molar refractivity (Wildman–Crippen MR) is 83.0 cm³/mol. The molecule has 0 radical (unpaired) electrons. The molecule has 0 aromatic heterocycles. The number of nitrogens with two attached hydrogens (primary N) is 1. The van der Waals surface area contributed by atoms with Crippen molar-refractivity contribution in [1.29, 1.82) is 0 Å². The molecule has 1 aromatic rings. The number of ether oxygens (including phenoxy) is 1. The summed E-state index contributed by atoms with van der Waals surface area (Å²) < 4.78 is 41.2. The molecule has 1 saturated heterocycles. The molecule has 138 valence electrons. The van der Waals surface area contributed by atoms with E-state index in [2.05, 4.69) is 10.2 Å². The summed E-state index contributed by atoms with van der Waals surface area (Å²) in [5.74, 6) is -2.65. The second kappa shape index (κ2) is 8.30. The first kappa shape index (κ1) is 19.2. The third-order valence-electron chi connectivity index (χ3n) is 3.79. The fourth-order valence-electron chi connectivity index (χ4n) is 2.55. The van der Waals surface area contributed by atoms with E-state index in [1.54, 1.807) is 0 Å². The molecule has 1 fully saturated rings. The predicted octanol–water partition coefficient (Wildman–Crippen LogP) is 1.16. The molecular weight excluding hydrogens is 339 g/mol. The monoisotopic (exact) mass is 359 g/mol. The maximum Gasteiger partial charge on any atom is 0.490 e. The molecule has 0 bridgehead atoms. The number of benzene rings is 1. The van der Waals surface area contributed by atoms with E-state index >= 15 is 0 Å². The van der Waals surface area contributed by atoms with Crippen LogP contribution >= 0.6 is 0 Å². The summed E-state index contributed by atoms with van der Waals surface area (Å²) in [5, 5.41) is 1.44. The lowest BCUT2D eigenvalue weighted by molar-refractivity contribution is -0.207. The van der Waals surface area contributed by atoms with Crippen LogP contribution in [0.5, 0.6) is 0 Å². The number of carbonyl (C=O) groups is 2. The fourth-order valence-corrected chi connectivity index (χ4v) is 2.55. The Bertz CT molecular complexity index is 595. The van der Waals surface area contributed by atoms with E-state index in [-0.39, 0.29) is 6.54 Å². The Morgan fingerprint density at radius 1 is 1.32 bits per heavy atom. The molecule has 9 heteroatoms. The quantitative estimate of drug-likeness (QED) is 0.771. The van der Waals surface area contributed by atoms with Crippen LogP contribution in [0.4, 0.5) is 13.2 Å². The van der Waals surface area contributed by atoms with Crippen molar-refractivity contribution < 1.29 is 27.5 Å². The molecule has 3 N–H and O–H groups in total. The molecule has 0 saturated carbocycles. The maximum atomic E-state index is 12.2. The van der Waals surface area contributed by atoms with Gasteiger partial charge in [0.25, 0.3) is 5.91 Å². The van der Waals surface area contributed by atoms with Crippen molar-refractivity contribution in [2.45, 2.75) is 37.6 Å². The topological polar surface area (TPSA) is 84.7 Å². The largest absolute Gasteiger partial charge is 0.490 e. The van der Waals surface area contributed by atoms with Crippen LogP contribution in [0.25, 0.3) is 0 Å². The third kappa shape index (κ3) is 6.02.